The predicted molar refractivity (Wildman–Crippen MR) is 110 cm³/mol. The van der Waals surface area contributed by atoms with Crippen LogP contribution in [0.5, 0.6) is 0 Å². The number of nitrogens with one attached hydrogen (secondary N) is 1. The molecule has 0 aliphatic rings. The number of aliphatic carboxylic acids is 1. The largest absolute Gasteiger partial charge is 0.481 e. The molecule has 7 nitrogen and oxygen atoms in total. The van der Waals surface area contributed by atoms with Crippen molar-refractivity contribution >= 4 is 23.3 Å². The van der Waals surface area contributed by atoms with Crippen LogP contribution >= 0.6 is 0 Å². The number of nitrogens with zero attached hydrogens (tertiary/aromatic N) is 2. The average molecular weight is 395 g/mol. The molecule has 3 aromatic rings. The number of hydrogen-bond acceptors (Lipinski definition) is 5. The summed E-state index contributed by atoms with van der Waals surface area (Å²) in [6.45, 7) is 6.81. The fraction of sp³-hybridized carbons (Fsp3) is 0.318. The summed E-state index contributed by atoms with van der Waals surface area (Å²) in [4.78, 5) is 26.9. The van der Waals surface area contributed by atoms with E-state index in [0.717, 1.165) is 17.0 Å². The molecular weight excluding hydrogens is 370 g/mol. The van der Waals surface area contributed by atoms with Crippen LogP contribution in [0.25, 0.3) is 5.65 Å². The Labute approximate surface area is 169 Å². The Morgan fingerprint density at radius 1 is 1.10 bits per heavy atom. The lowest BCUT2D eigenvalue weighted by atomic mass is 10.0. The third-order valence-electron chi connectivity index (χ3n) is 5.00. The van der Waals surface area contributed by atoms with Gasteiger partial charge < -0.3 is 19.6 Å². The Morgan fingerprint density at radius 2 is 1.83 bits per heavy atom. The van der Waals surface area contributed by atoms with Crippen molar-refractivity contribution in [3.05, 3.63) is 64.6 Å². The molecule has 0 radical (unpaired) electrons. The molecule has 1 aromatic carbocycles. The maximum Gasteiger partial charge on any atom is 0.306 e. The molecule has 2 N–H and O–H groups in total. The summed E-state index contributed by atoms with van der Waals surface area (Å²) in [5.74, 6) is -1.57. The van der Waals surface area contributed by atoms with Gasteiger partial charge in [0.1, 0.15) is 6.61 Å². The highest BCUT2D eigenvalue weighted by molar-refractivity contribution is 5.76. The van der Waals surface area contributed by atoms with Crippen molar-refractivity contribution in [3.8, 4) is 0 Å². The minimum atomic E-state index is -1.02. The van der Waals surface area contributed by atoms with Crippen molar-refractivity contribution in [1.29, 1.82) is 0 Å². The number of ether oxygens (including phenoxy) is 1. The van der Waals surface area contributed by atoms with Crippen LogP contribution in [0.3, 0.4) is 0 Å². The van der Waals surface area contributed by atoms with Gasteiger partial charge in [-0.2, -0.15) is 0 Å². The summed E-state index contributed by atoms with van der Waals surface area (Å²) in [7, 11) is 0. The molecule has 0 bridgehead atoms. The van der Waals surface area contributed by atoms with Gasteiger partial charge in [-0.3, -0.25) is 9.59 Å². The van der Waals surface area contributed by atoms with Crippen LogP contribution < -0.4 is 5.32 Å². The number of fused-ring (bicyclic) bond motifs is 1. The second-order valence-corrected chi connectivity index (χ2v) is 7.04. The molecule has 0 aliphatic carbocycles. The molecule has 0 unspecified atom stereocenters. The van der Waals surface area contributed by atoms with Crippen molar-refractivity contribution < 1.29 is 19.4 Å². The predicted octanol–water partition coefficient (Wildman–Crippen LogP) is 3.78. The first-order valence-electron chi connectivity index (χ1n) is 9.49. The quantitative estimate of drug-likeness (QED) is 0.564. The Kier molecular flexibility index (Phi) is 6.16. The molecule has 2 heterocycles. The van der Waals surface area contributed by atoms with Gasteiger partial charge in [0.25, 0.3) is 0 Å². The molecule has 3 rings (SSSR count). The Bertz CT molecular complexity index is 1040. The lowest BCUT2D eigenvalue weighted by molar-refractivity contribution is -0.148. The summed E-state index contributed by atoms with van der Waals surface area (Å²) < 4.78 is 7.14. The minimum absolute atomic E-state index is 0.0162. The third-order valence-corrected chi connectivity index (χ3v) is 5.00. The number of anilines is 1. The molecule has 0 fully saturated rings. The molecule has 0 aliphatic heterocycles. The van der Waals surface area contributed by atoms with Gasteiger partial charge in [-0.25, -0.2) is 4.98 Å². The molecule has 2 aromatic heterocycles. The smallest absolute Gasteiger partial charge is 0.306 e. The lowest BCUT2D eigenvalue weighted by Crippen LogP contribution is -2.08. The summed E-state index contributed by atoms with van der Waals surface area (Å²) >= 11 is 0. The summed E-state index contributed by atoms with van der Waals surface area (Å²) in [5.41, 5.74) is 6.90. The molecule has 0 saturated heterocycles. The Morgan fingerprint density at radius 3 is 2.52 bits per heavy atom. The van der Waals surface area contributed by atoms with E-state index < -0.39 is 11.9 Å². The van der Waals surface area contributed by atoms with E-state index in [1.807, 2.05) is 29.7 Å². The number of pyridine rings is 1. The van der Waals surface area contributed by atoms with Gasteiger partial charge in [0.05, 0.1) is 24.2 Å². The SMILES string of the molecule is Cc1cccc(C)c1CNc1cccn2c(C)c(COC(=O)CCC(=O)O)nc12. The van der Waals surface area contributed by atoms with Crippen LogP contribution in [0, 0.1) is 20.8 Å². The van der Waals surface area contributed by atoms with Gasteiger partial charge in [0.15, 0.2) is 5.65 Å². The molecule has 152 valence electrons. The second kappa shape index (κ2) is 8.77. The van der Waals surface area contributed by atoms with Crippen LogP contribution in [-0.4, -0.2) is 26.4 Å². The number of rotatable bonds is 8. The van der Waals surface area contributed by atoms with E-state index in [1.165, 1.54) is 16.7 Å². The zero-order valence-electron chi connectivity index (χ0n) is 16.9. The van der Waals surface area contributed by atoms with Crippen LogP contribution in [0.4, 0.5) is 5.69 Å². The van der Waals surface area contributed by atoms with Crippen molar-refractivity contribution in [2.45, 2.75) is 46.8 Å². The van der Waals surface area contributed by atoms with E-state index in [2.05, 4.69) is 42.3 Å². The molecule has 0 spiro atoms. The highest BCUT2D eigenvalue weighted by Gasteiger charge is 2.14. The first kappa shape index (κ1) is 20.4. The van der Waals surface area contributed by atoms with Gasteiger partial charge >= 0.3 is 11.9 Å². The molecule has 7 heteroatoms. The van der Waals surface area contributed by atoms with Crippen molar-refractivity contribution in [3.63, 3.8) is 0 Å². The topological polar surface area (TPSA) is 92.9 Å². The normalized spacial score (nSPS) is 10.9. The number of imidazole rings is 1. The monoisotopic (exact) mass is 395 g/mol. The first-order chi connectivity index (χ1) is 13.9. The number of carbonyl (C=O) groups excluding carboxylic acids is 1. The lowest BCUT2D eigenvalue weighted by Gasteiger charge is -2.12. The van der Waals surface area contributed by atoms with Crippen LogP contribution in [0.1, 0.15) is 40.9 Å². The number of esters is 1. The number of carboxylic acid groups (broad SMARTS) is 1. The zero-order chi connectivity index (χ0) is 21.0. The number of carboxylic acids is 1. The van der Waals surface area contributed by atoms with Gasteiger partial charge in [-0.1, -0.05) is 18.2 Å². The standard InChI is InChI=1S/C22H25N3O4/c1-14-6-4-7-15(2)17(14)12-23-18-8-5-11-25-16(3)19(24-22(18)25)13-29-21(28)10-9-20(26)27/h4-8,11,23H,9-10,12-13H2,1-3H3,(H,26,27). The number of aromatic nitrogens is 2. The fourth-order valence-corrected chi connectivity index (χ4v) is 3.25. The number of aryl methyl sites for hydroxylation is 3. The molecule has 29 heavy (non-hydrogen) atoms. The zero-order valence-corrected chi connectivity index (χ0v) is 16.9. The fourth-order valence-electron chi connectivity index (χ4n) is 3.25. The maximum absolute atomic E-state index is 11.7. The van der Waals surface area contributed by atoms with Crippen molar-refractivity contribution in [2.24, 2.45) is 0 Å². The highest BCUT2D eigenvalue weighted by Crippen LogP contribution is 2.22. The van der Waals surface area contributed by atoms with E-state index in [1.54, 1.807) is 0 Å². The Balaban J connectivity index is 1.76. The van der Waals surface area contributed by atoms with Crippen molar-refractivity contribution in [1.82, 2.24) is 9.38 Å². The number of hydrogen-bond donors (Lipinski definition) is 2. The number of benzene rings is 1. The number of carbonyl (C=O) groups is 2. The van der Waals surface area contributed by atoms with E-state index >= 15 is 0 Å². The summed E-state index contributed by atoms with van der Waals surface area (Å²) in [6, 6.07) is 10.2. The molecular formula is C22H25N3O4. The molecule has 0 saturated carbocycles. The van der Waals surface area contributed by atoms with E-state index in [9.17, 15) is 9.59 Å². The maximum atomic E-state index is 11.7. The van der Waals surface area contributed by atoms with E-state index in [-0.39, 0.29) is 19.4 Å². The van der Waals surface area contributed by atoms with E-state index in [4.69, 9.17) is 9.84 Å². The summed E-state index contributed by atoms with van der Waals surface area (Å²) in [5, 5.41) is 12.1. The highest BCUT2D eigenvalue weighted by atomic mass is 16.5. The third kappa shape index (κ3) is 4.74. The average Bonchev–Trinajstić information content (AvgIpc) is 3.01. The second-order valence-electron chi connectivity index (χ2n) is 7.04. The molecule has 0 amide bonds. The van der Waals surface area contributed by atoms with Crippen molar-refractivity contribution in [2.75, 3.05) is 5.32 Å². The van der Waals surface area contributed by atoms with Crippen LogP contribution in [0.15, 0.2) is 36.5 Å². The van der Waals surface area contributed by atoms with Gasteiger partial charge in [0.2, 0.25) is 0 Å². The van der Waals surface area contributed by atoms with Crippen LogP contribution in [0.2, 0.25) is 0 Å². The molecule has 0 atom stereocenters. The van der Waals surface area contributed by atoms with Crippen LogP contribution in [-0.2, 0) is 27.5 Å². The van der Waals surface area contributed by atoms with Gasteiger partial charge in [-0.05, 0) is 49.6 Å². The van der Waals surface area contributed by atoms with Gasteiger partial charge in [-0.15, -0.1) is 0 Å². The summed E-state index contributed by atoms with van der Waals surface area (Å²) in [6.07, 6.45) is 1.53. The van der Waals surface area contributed by atoms with E-state index in [0.29, 0.717) is 12.2 Å². The minimum Gasteiger partial charge on any atom is -0.481 e. The van der Waals surface area contributed by atoms with Gasteiger partial charge in [0, 0.05) is 18.4 Å². The Hall–Kier alpha value is -3.35. The first-order valence-corrected chi connectivity index (χ1v) is 9.49.